The Labute approximate surface area is 197 Å². The van der Waals surface area contributed by atoms with Crippen molar-refractivity contribution in [3.05, 3.63) is 51.5 Å². The van der Waals surface area contributed by atoms with Gasteiger partial charge in [0, 0.05) is 17.6 Å². The predicted molar refractivity (Wildman–Crippen MR) is 116 cm³/mol. The molecule has 0 fully saturated rings. The van der Waals surface area contributed by atoms with E-state index in [2.05, 4.69) is 15.9 Å². The molecule has 0 aromatic heterocycles. The molecule has 0 spiro atoms. The highest BCUT2D eigenvalue weighted by atomic mass is 79.9. The molecule has 1 N–H and O–H groups in total. The number of carbonyl (C=O) groups is 1. The van der Waals surface area contributed by atoms with Crippen LogP contribution in [-0.4, -0.2) is 44.6 Å². The van der Waals surface area contributed by atoms with Gasteiger partial charge < -0.3 is 14.6 Å². The van der Waals surface area contributed by atoms with Crippen molar-refractivity contribution in [3.8, 4) is 11.5 Å². The number of methoxy groups -OCH3 is 1. The number of fused-ring (bicyclic) bond motifs is 1. The standard InChI is InChI=1S/C21H21BrF3NO6S/c1-26(33(29,30)15-7-12(21(23,24)25)6-14(10-15)31-2)18-5-3-4-16-17(18)8-13(22)9-19(16)32-11-20(27)28/h6-10,18H,3-5,11H2,1-2H3,(H,27,28)/t18-/m1/s1. The highest BCUT2D eigenvalue weighted by molar-refractivity contribution is 9.10. The van der Waals surface area contributed by atoms with Crippen LogP contribution in [0.5, 0.6) is 11.5 Å². The van der Waals surface area contributed by atoms with Gasteiger partial charge in [0.15, 0.2) is 6.61 Å². The Hall–Kier alpha value is -2.31. The van der Waals surface area contributed by atoms with Crippen LogP contribution >= 0.6 is 15.9 Å². The topological polar surface area (TPSA) is 93.1 Å². The average molecular weight is 552 g/mol. The van der Waals surface area contributed by atoms with Gasteiger partial charge in [0.2, 0.25) is 10.0 Å². The van der Waals surface area contributed by atoms with E-state index < -0.39 is 45.3 Å². The van der Waals surface area contributed by atoms with Crippen LogP contribution in [-0.2, 0) is 27.4 Å². The number of benzene rings is 2. The van der Waals surface area contributed by atoms with Crippen molar-refractivity contribution in [2.24, 2.45) is 0 Å². The molecule has 3 rings (SSSR count). The van der Waals surface area contributed by atoms with Crippen molar-refractivity contribution in [2.45, 2.75) is 36.4 Å². The fourth-order valence-electron chi connectivity index (χ4n) is 3.81. The van der Waals surface area contributed by atoms with Gasteiger partial charge in [-0.1, -0.05) is 15.9 Å². The molecule has 2 aromatic rings. The quantitative estimate of drug-likeness (QED) is 0.539. The van der Waals surface area contributed by atoms with Gasteiger partial charge in [0.05, 0.1) is 23.6 Å². The van der Waals surface area contributed by atoms with E-state index in [1.807, 2.05) is 0 Å². The van der Waals surface area contributed by atoms with E-state index in [4.69, 9.17) is 14.6 Å². The number of carboxylic acids is 1. The van der Waals surface area contributed by atoms with Crippen LogP contribution in [0.25, 0.3) is 0 Å². The van der Waals surface area contributed by atoms with Crippen molar-refractivity contribution in [2.75, 3.05) is 20.8 Å². The van der Waals surface area contributed by atoms with Crippen LogP contribution in [0.3, 0.4) is 0 Å². The summed E-state index contributed by atoms with van der Waals surface area (Å²) in [5.74, 6) is -1.07. The number of sulfonamides is 1. The summed E-state index contributed by atoms with van der Waals surface area (Å²) in [6.07, 6.45) is -3.21. The fourth-order valence-corrected chi connectivity index (χ4v) is 5.69. The number of halogens is 4. The van der Waals surface area contributed by atoms with Crippen LogP contribution in [0.4, 0.5) is 13.2 Å². The van der Waals surface area contributed by atoms with E-state index in [9.17, 15) is 26.4 Å². The number of aliphatic carboxylic acids is 1. The molecule has 1 atom stereocenters. The summed E-state index contributed by atoms with van der Waals surface area (Å²) in [6, 6.07) is 5.00. The minimum atomic E-state index is -4.75. The van der Waals surface area contributed by atoms with Crippen LogP contribution < -0.4 is 9.47 Å². The van der Waals surface area contributed by atoms with Crippen molar-refractivity contribution < 1.29 is 41.0 Å². The molecule has 0 amide bonds. The molecule has 33 heavy (non-hydrogen) atoms. The molecule has 12 heteroatoms. The molecule has 0 unspecified atom stereocenters. The van der Waals surface area contributed by atoms with E-state index in [0.717, 1.165) is 23.5 Å². The molecular weight excluding hydrogens is 531 g/mol. The summed E-state index contributed by atoms with van der Waals surface area (Å²) in [7, 11) is -1.88. The van der Waals surface area contributed by atoms with E-state index >= 15 is 0 Å². The summed E-state index contributed by atoms with van der Waals surface area (Å²) in [5, 5.41) is 8.93. The molecule has 1 aliphatic rings. The average Bonchev–Trinajstić information content (AvgIpc) is 2.75. The van der Waals surface area contributed by atoms with Crippen molar-refractivity contribution in [1.29, 1.82) is 0 Å². The van der Waals surface area contributed by atoms with Crippen LogP contribution in [0.15, 0.2) is 39.7 Å². The second-order valence-corrected chi connectivity index (χ2v) is 10.4. The van der Waals surface area contributed by atoms with Gasteiger partial charge in [0.25, 0.3) is 0 Å². The van der Waals surface area contributed by atoms with E-state index in [0.29, 0.717) is 46.7 Å². The lowest BCUT2D eigenvalue weighted by Gasteiger charge is -2.33. The van der Waals surface area contributed by atoms with Crippen molar-refractivity contribution in [1.82, 2.24) is 4.31 Å². The van der Waals surface area contributed by atoms with Crippen LogP contribution in [0.2, 0.25) is 0 Å². The zero-order valence-electron chi connectivity index (χ0n) is 17.6. The molecule has 0 bridgehead atoms. The molecule has 1 aliphatic carbocycles. The smallest absolute Gasteiger partial charge is 0.416 e. The molecule has 0 saturated heterocycles. The number of carboxylic acid groups (broad SMARTS) is 1. The summed E-state index contributed by atoms with van der Waals surface area (Å²) in [4.78, 5) is 10.4. The van der Waals surface area contributed by atoms with Gasteiger partial charge in [-0.3, -0.25) is 0 Å². The summed E-state index contributed by atoms with van der Waals surface area (Å²) in [5.41, 5.74) is 0.130. The second kappa shape index (κ2) is 9.51. The number of hydrogen-bond acceptors (Lipinski definition) is 5. The Morgan fingerprint density at radius 3 is 2.55 bits per heavy atom. The Morgan fingerprint density at radius 1 is 1.24 bits per heavy atom. The van der Waals surface area contributed by atoms with Crippen LogP contribution in [0, 0.1) is 0 Å². The maximum Gasteiger partial charge on any atom is 0.416 e. The Kier molecular flexibility index (Phi) is 7.30. The van der Waals surface area contributed by atoms with E-state index in [1.54, 1.807) is 12.1 Å². The third-order valence-corrected chi connectivity index (χ3v) is 7.68. The first-order valence-electron chi connectivity index (χ1n) is 9.76. The van der Waals surface area contributed by atoms with Crippen LogP contribution in [0.1, 0.15) is 35.6 Å². The van der Waals surface area contributed by atoms with E-state index in [1.165, 1.54) is 7.05 Å². The summed E-state index contributed by atoms with van der Waals surface area (Å²) < 4.78 is 78.5. The molecule has 0 radical (unpaired) electrons. The lowest BCUT2D eigenvalue weighted by atomic mass is 9.87. The zero-order chi connectivity index (χ0) is 24.6. The Bertz CT molecular complexity index is 1170. The van der Waals surface area contributed by atoms with Crippen molar-refractivity contribution >= 4 is 31.9 Å². The molecule has 180 valence electrons. The highest BCUT2D eigenvalue weighted by Crippen LogP contribution is 2.42. The van der Waals surface area contributed by atoms with Crippen molar-refractivity contribution in [3.63, 3.8) is 0 Å². The SMILES string of the molecule is COc1cc(C(F)(F)F)cc(S(=O)(=O)N(C)[C@@H]2CCCc3c(OCC(=O)O)cc(Br)cc32)c1. The first-order chi connectivity index (χ1) is 15.3. The third-order valence-electron chi connectivity index (χ3n) is 5.38. The minimum Gasteiger partial charge on any atom is -0.497 e. The molecule has 0 saturated carbocycles. The molecule has 0 aliphatic heterocycles. The molecule has 0 heterocycles. The Balaban J connectivity index is 2.05. The van der Waals surface area contributed by atoms with Gasteiger partial charge in [-0.15, -0.1) is 0 Å². The van der Waals surface area contributed by atoms with Gasteiger partial charge in [-0.25, -0.2) is 13.2 Å². The molecule has 7 nitrogen and oxygen atoms in total. The third kappa shape index (κ3) is 5.44. The largest absolute Gasteiger partial charge is 0.497 e. The zero-order valence-corrected chi connectivity index (χ0v) is 20.1. The minimum absolute atomic E-state index is 0.229. The van der Waals surface area contributed by atoms with Gasteiger partial charge >= 0.3 is 12.1 Å². The number of alkyl halides is 3. The normalized spacial score (nSPS) is 16.4. The highest BCUT2D eigenvalue weighted by Gasteiger charge is 2.37. The fraction of sp³-hybridized carbons (Fsp3) is 0.381. The second-order valence-electron chi connectivity index (χ2n) is 7.48. The van der Waals surface area contributed by atoms with E-state index in [-0.39, 0.29) is 5.75 Å². The number of ether oxygens (including phenoxy) is 2. The first-order valence-corrected chi connectivity index (χ1v) is 12.0. The maximum atomic E-state index is 13.4. The monoisotopic (exact) mass is 551 g/mol. The molecular formula is C21H21BrF3NO6S. The van der Waals surface area contributed by atoms with Gasteiger partial charge in [-0.05, 0) is 54.7 Å². The number of rotatable bonds is 7. The number of nitrogens with zero attached hydrogens (tertiary/aromatic N) is 1. The first kappa shape index (κ1) is 25.3. The maximum absolute atomic E-state index is 13.4. The lowest BCUT2D eigenvalue weighted by molar-refractivity contribution is -0.139. The van der Waals surface area contributed by atoms with Gasteiger partial charge in [0.1, 0.15) is 11.5 Å². The summed E-state index contributed by atoms with van der Waals surface area (Å²) in [6.45, 7) is -0.564. The predicted octanol–water partition coefficient (Wildman–Crippen LogP) is 4.64. The number of hydrogen-bond donors (Lipinski definition) is 1. The summed E-state index contributed by atoms with van der Waals surface area (Å²) >= 11 is 3.33. The Morgan fingerprint density at radius 2 is 1.94 bits per heavy atom. The molecule has 2 aromatic carbocycles. The lowest BCUT2D eigenvalue weighted by Crippen LogP contribution is -2.33. The van der Waals surface area contributed by atoms with Gasteiger partial charge in [-0.2, -0.15) is 17.5 Å².